The molecule has 3 rings (SSSR count). The molecule has 1 fully saturated rings. The second-order valence-corrected chi connectivity index (χ2v) is 11.2. The monoisotopic (exact) mass is 635 g/mol. The molecule has 1 aromatic heterocycles. The Kier molecular flexibility index (Phi) is 20.0. The molecule has 1 amide bonds. The maximum Gasteiger partial charge on any atom is 0.373 e. The van der Waals surface area contributed by atoms with Gasteiger partial charge in [0.2, 0.25) is 0 Å². The summed E-state index contributed by atoms with van der Waals surface area (Å²) < 4.78 is 21.3. The van der Waals surface area contributed by atoms with Gasteiger partial charge in [0.1, 0.15) is 11.5 Å². The number of benzene rings is 1. The number of amides is 1. The van der Waals surface area contributed by atoms with Crippen molar-refractivity contribution in [1.82, 2.24) is 25.2 Å². The number of methoxy groups -OCH3 is 1. The molecular formula is C32H50FN5O7. The van der Waals surface area contributed by atoms with Gasteiger partial charge in [0.05, 0.1) is 11.8 Å². The molecule has 1 aromatic carbocycles. The number of halogens is 1. The van der Waals surface area contributed by atoms with Gasteiger partial charge in [-0.05, 0) is 55.6 Å². The summed E-state index contributed by atoms with van der Waals surface area (Å²) in [5.74, 6) is -1.14. The summed E-state index contributed by atoms with van der Waals surface area (Å²) >= 11 is 0. The van der Waals surface area contributed by atoms with Crippen molar-refractivity contribution in [3.8, 4) is 5.69 Å². The van der Waals surface area contributed by atoms with Gasteiger partial charge in [-0.15, -0.1) is 5.10 Å². The van der Waals surface area contributed by atoms with Crippen LogP contribution in [0, 0.1) is 23.6 Å². The molecule has 0 bridgehead atoms. The molecule has 0 saturated carbocycles. The number of aliphatic hydroxyl groups is 1. The summed E-state index contributed by atoms with van der Waals surface area (Å²) in [4.78, 5) is 41.4. The van der Waals surface area contributed by atoms with E-state index in [2.05, 4.69) is 36.1 Å². The highest BCUT2D eigenvalue weighted by molar-refractivity contribution is 5.93. The zero-order valence-corrected chi connectivity index (χ0v) is 26.2. The van der Waals surface area contributed by atoms with Crippen molar-refractivity contribution < 1.29 is 38.5 Å². The van der Waals surface area contributed by atoms with Crippen LogP contribution >= 0.6 is 0 Å². The van der Waals surface area contributed by atoms with Gasteiger partial charge < -0.3 is 25.2 Å². The number of para-hydroxylation sites is 1. The first-order valence-electron chi connectivity index (χ1n) is 14.7. The van der Waals surface area contributed by atoms with Crippen LogP contribution in [0.25, 0.3) is 5.69 Å². The van der Waals surface area contributed by atoms with Crippen LogP contribution in [-0.2, 0) is 25.5 Å². The lowest BCUT2D eigenvalue weighted by Gasteiger charge is -2.40. The van der Waals surface area contributed by atoms with Gasteiger partial charge in [-0.25, -0.2) is 13.9 Å². The van der Waals surface area contributed by atoms with Crippen molar-refractivity contribution in [2.45, 2.75) is 73.0 Å². The van der Waals surface area contributed by atoms with E-state index in [-0.39, 0.29) is 54.7 Å². The normalized spacial score (nSPS) is 16.2. The van der Waals surface area contributed by atoms with Crippen molar-refractivity contribution in [1.29, 1.82) is 0 Å². The number of aliphatic carboxylic acids is 1. The Labute approximate surface area is 265 Å². The first-order valence-corrected chi connectivity index (χ1v) is 14.7. The molecule has 1 saturated heterocycles. The Balaban J connectivity index is 0.00000192. The average Bonchev–Trinajstić information content (AvgIpc) is 3.41. The topological polar surface area (TPSA) is 164 Å². The molecule has 1 unspecified atom stereocenters. The predicted octanol–water partition coefficient (Wildman–Crippen LogP) is 3.78. The lowest BCUT2D eigenvalue weighted by Crippen LogP contribution is -2.54. The van der Waals surface area contributed by atoms with Gasteiger partial charge >= 0.3 is 12.1 Å². The molecule has 2 heterocycles. The third kappa shape index (κ3) is 13.4. The van der Waals surface area contributed by atoms with Crippen molar-refractivity contribution in [3.63, 3.8) is 0 Å². The van der Waals surface area contributed by atoms with E-state index in [1.807, 2.05) is 18.7 Å². The summed E-state index contributed by atoms with van der Waals surface area (Å²) in [6, 6.07) is 6.32. The van der Waals surface area contributed by atoms with Crippen molar-refractivity contribution in [2.75, 3.05) is 33.4 Å². The molecule has 3 atom stereocenters. The number of nitrogens with one attached hydrogen (secondary N) is 1. The number of carboxylic acids is 1. The van der Waals surface area contributed by atoms with Gasteiger partial charge in [0, 0.05) is 45.5 Å². The highest BCUT2D eigenvalue weighted by Gasteiger charge is 2.36. The molecule has 45 heavy (non-hydrogen) atoms. The van der Waals surface area contributed by atoms with Gasteiger partial charge in [0.25, 0.3) is 5.91 Å². The van der Waals surface area contributed by atoms with Crippen molar-refractivity contribution in [3.05, 3.63) is 54.1 Å². The summed E-state index contributed by atoms with van der Waals surface area (Å²) in [5, 5.41) is 30.3. The molecule has 2 aromatic rings. The van der Waals surface area contributed by atoms with Crippen molar-refractivity contribution in [2.24, 2.45) is 17.8 Å². The number of aromatic nitrogens is 3. The van der Waals surface area contributed by atoms with Crippen LogP contribution in [0.5, 0.6) is 0 Å². The summed E-state index contributed by atoms with van der Waals surface area (Å²) in [6.45, 7) is 13.7. The molecule has 12 nitrogen and oxygen atoms in total. The number of hydrogen-bond donors (Lipinski definition) is 3. The fourth-order valence-electron chi connectivity index (χ4n) is 4.97. The molecule has 13 heteroatoms. The van der Waals surface area contributed by atoms with Crippen LogP contribution in [0.4, 0.5) is 4.39 Å². The maximum absolute atomic E-state index is 14.7. The first-order chi connectivity index (χ1) is 20.9. The van der Waals surface area contributed by atoms with Crippen LogP contribution in [0.2, 0.25) is 0 Å². The Hall–Kier alpha value is -3.77. The zero-order chi connectivity index (χ0) is 33.2. The van der Waals surface area contributed by atoms with E-state index in [4.69, 9.17) is 19.4 Å². The fourth-order valence-corrected chi connectivity index (χ4v) is 4.97. The lowest BCUT2D eigenvalue weighted by molar-refractivity contribution is -0.191. The number of nitrogens with zero attached hydrogens (tertiary/aromatic N) is 4. The molecule has 0 aliphatic carbocycles. The average molecular weight is 636 g/mol. The second-order valence-electron chi connectivity index (χ2n) is 11.2. The van der Waals surface area contributed by atoms with E-state index in [0.717, 1.165) is 31.9 Å². The molecule has 1 aliphatic rings. The van der Waals surface area contributed by atoms with Crippen LogP contribution in [0.15, 0.2) is 36.9 Å². The Morgan fingerprint density at radius 3 is 2.38 bits per heavy atom. The van der Waals surface area contributed by atoms with Gasteiger partial charge in [-0.3, -0.25) is 4.79 Å². The van der Waals surface area contributed by atoms with E-state index in [1.165, 1.54) is 10.7 Å². The van der Waals surface area contributed by atoms with Crippen LogP contribution in [0.1, 0.15) is 70.6 Å². The number of carboxylic acid groups (broad SMARTS) is 1. The molecular weight excluding hydrogens is 585 g/mol. The number of carbonyl (C=O) groups excluding carboxylic acids is 3. The smallest absolute Gasteiger partial charge is 0.373 e. The lowest BCUT2D eigenvalue weighted by atomic mass is 9.85. The predicted molar refractivity (Wildman–Crippen MR) is 167 cm³/mol. The highest BCUT2D eigenvalue weighted by Crippen LogP contribution is 2.26. The van der Waals surface area contributed by atoms with Crippen molar-refractivity contribution >= 4 is 18.0 Å². The number of piperidine rings is 1. The SMILES string of the molecule is C.C=CC(=O)O.COCCCCc1c(C(=O)N(CC(C)C)[C@@H]2CNC[C@H](C(O)C(C)C)C2)nnn1-c1ccccc1F.O=C=O. The van der Waals surface area contributed by atoms with E-state index in [9.17, 15) is 19.1 Å². The third-order valence-corrected chi connectivity index (χ3v) is 7.02. The molecule has 252 valence electrons. The van der Waals surface area contributed by atoms with E-state index in [0.29, 0.717) is 31.8 Å². The van der Waals surface area contributed by atoms with Gasteiger partial charge in [-0.1, -0.05) is 59.0 Å². The highest BCUT2D eigenvalue weighted by atomic mass is 19.1. The Bertz CT molecular complexity index is 1210. The van der Waals surface area contributed by atoms with Gasteiger partial charge in [-0.2, -0.15) is 9.59 Å². The number of hydrogen-bond acceptors (Lipinski definition) is 9. The first kappa shape index (κ1) is 41.2. The standard InChI is InChI=1S/C27H42FN5O3.C3H4O2.CO2.CH4/c1-18(2)17-32(21-14-20(15-29-16-21)26(34)19(3)4)27(35)25-24(12-8-9-13-36-5)33(31-30-25)23-11-7-6-10-22(23)28;1-2-3(4)5;2-1-3;/h6-7,10-11,18-21,26,29,34H,8-9,12-17H2,1-5H3;2H,1H2,(H,4,5);;1H4/t20-,21+,26?;;;/m1.../s1. The minimum absolute atomic E-state index is 0. The number of carbonyl (C=O) groups is 2. The number of ether oxygens (including phenoxy) is 1. The molecule has 0 spiro atoms. The third-order valence-electron chi connectivity index (χ3n) is 7.02. The quantitative estimate of drug-likeness (QED) is 0.218. The molecule has 1 aliphatic heterocycles. The Morgan fingerprint density at radius 1 is 1.22 bits per heavy atom. The Morgan fingerprint density at radius 2 is 1.84 bits per heavy atom. The van der Waals surface area contributed by atoms with Crippen LogP contribution in [-0.4, -0.2) is 93.6 Å². The second kappa shape index (κ2) is 21.9. The number of rotatable bonds is 13. The largest absolute Gasteiger partial charge is 0.478 e. The summed E-state index contributed by atoms with van der Waals surface area (Å²) in [7, 11) is 1.66. The zero-order valence-electron chi connectivity index (χ0n) is 26.2. The minimum Gasteiger partial charge on any atom is -0.478 e. The van der Waals surface area contributed by atoms with E-state index >= 15 is 0 Å². The number of unbranched alkanes of at least 4 members (excludes halogenated alkanes) is 1. The summed E-state index contributed by atoms with van der Waals surface area (Å²) in [5.41, 5.74) is 1.15. The fraction of sp³-hybridized carbons (Fsp3) is 0.594. The van der Waals surface area contributed by atoms with E-state index < -0.39 is 17.9 Å². The van der Waals surface area contributed by atoms with E-state index in [1.54, 1.807) is 25.3 Å². The molecule has 0 radical (unpaired) electrons. The van der Waals surface area contributed by atoms with Gasteiger partial charge in [0.15, 0.2) is 5.69 Å². The van der Waals surface area contributed by atoms with Crippen LogP contribution < -0.4 is 5.32 Å². The molecule has 3 N–H and O–H groups in total. The maximum atomic E-state index is 14.7. The number of aliphatic hydroxyl groups excluding tert-OH is 1. The van der Waals surface area contributed by atoms with Crippen LogP contribution in [0.3, 0.4) is 0 Å². The summed E-state index contributed by atoms with van der Waals surface area (Å²) in [6.07, 6.45) is 3.46. The minimum atomic E-state index is -0.981.